The van der Waals surface area contributed by atoms with Crippen molar-refractivity contribution in [3.05, 3.63) is 42.0 Å². The van der Waals surface area contributed by atoms with E-state index < -0.39 is 0 Å². The van der Waals surface area contributed by atoms with Crippen molar-refractivity contribution in [3.8, 4) is 0 Å². The number of carbonyl (C=O) groups excluding carboxylic acids is 1. The van der Waals surface area contributed by atoms with Crippen molar-refractivity contribution in [2.75, 3.05) is 32.7 Å². The lowest BCUT2D eigenvalue weighted by Crippen LogP contribution is -2.34. The summed E-state index contributed by atoms with van der Waals surface area (Å²) in [7, 11) is 0. The normalized spacial score (nSPS) is 20.7. The average molecular weight is 284 g/mol. The minimum Gasteiger partial charge on any atom is -0.338 e. The Hall–Kier alpha value is -1.61. The molecule has 1 saturated carbocycles. The van der Waals surface area contributed by atoms with Crippen molar-refractivity contribution >= 4 is 12.0 Å². The van der Waals surface area contributed by atoms with Gasteiger partial charge < -0.3 is 9.80 Å². The highest BCUT2D eigenvalue weighted by molar-refractivity contribution is 5.91. The van der Waals surface area contributed by atoms with E-state index >= 15 is 0 Å². The van der Waals surface area contributed by atoms with Crippen LogP contribution in [0.15, 0.2) is 36.4 Å². The van der Waals surface area contributed by atoms with Gasteiger partial charge in [0.05, 0.1) is 0 Å². The van der Waals surface area contributed by atoms with Crippen LogP contribution in [-0.2, 0) is 4.79 Å². The summed E-state index contributed by atoms with van der Waals surface area (Å²) in [6.07, 6.45) is 7.52. The number of hydrogen-bond acceptors (Lipinski definition) is 2. The topological polar surface area (TPSA) is 23.6 Å². The Bertz CT molecular complexity index is 493. The SMILES string of the molecule is O=C(/C=C/c1ccccc1)N1CCCN(CC2CC2)CC1. The van der Waals surface area contributed by atoms with E-state index in [0.29, 0.717) is 0 Å². The molecule has 0 bridgehead atoms. The van der Waals surface area contributed by atoms with Crippen LogP contribution < -0.4 is 0 Å². The number of rotatable bonds is 4. The standard InChI is InChI=1S/C18H24N2O/c21-18(10-9-16-5-2-1-3-6-16)20-12-4-11-19(13-14-20)15-17-7-8-17/h1-3,5-6,9-10,17H,4,7-8,11-15H2/b10-9+. The summed E-state index contributed by atoms with van der Waals surface area (Å²) in [4.78, 5) is 16.8. The maximum absolute atomic E-state index is 12.3. The summed E-state index contributed by atoms with van der Waals surface area (Å²) in [6.45, 7) is 5.16. The summed E-state index contributed by atoms with van der Waals surface area (Å²) < 4.78 is 0. The van der Waals surface area contributed by atoms with Crippen LogP contribution in [0.5, 0.6) is 0 Å². The van der Waals surface area contributed by atoms with Crippen molar-refractivity contribution in [1.82, 2.24) is 9.80 Å². The maximum atomic E-state index is 12.3. The van der Waals surface area contributed by atoms with Gasteiger partial charge in [-0.05, 0) is 43.4 Å². The van der Waals surface area contributed by atoms with Crippen LogP contribution in [0.2, 0.25) is 0 Å². The van der Waals surface area contributed by atoms with E-state index in [0.717, 1.165) is 44.1 Å². The van der Waals surface area contributed by atoms with Crippen molar-refractivity contribution in [1.29, 1.82) is 0 Å². The summed E-state index contributed by atoms with van der Waals surface area (Å²) in [5.74, 6) is 1.08. The quantitative estimate of drug-likeness (QED) is 0.794. The van der Waals surface area contributed by atoms with Crippen molar-refractivity contribution < 1.29 is 4.79 Å². The molecule has 21 heavy (non-hydrogen) atoms. The van der Waals surface area contributed by atoms with Crippen LogP contribution in [0.3, 0.4) is 0 Å². The Morgan fingerprint density at radius 2 is 1.90 bits per heavy atom. The van der Waals surface area contributed by atoms with Gasteiger partial charge in [-0.15, -0.1) is 0 Å². The number of nitrogens with zero attached hydrogens (tertiary/aromatic N) is 2. The maximum Gasteiger partial charge on any atom is 0.246 e. The number of carbonyl (C=O) groups is 1. The van der Waals surface area contributed by atoms with E-state index in [4.69, 9.17) is 0 Å². The minimum absolute atomic E-state index is 0.145. The van der Waals surface area contributed by atoms with E-state index in [-0.39, 0.29) is 5.91 Å². The van der Waals surface area contributed by atoms with Crippen LogP contribution in [0.4, 0.5) is 0 Å². The predicted molar refractivity (Wildman–Crippen MR) is 85.8 cm³/mol. The fourth-order valence-corrected chi connectivity index (χ4v) is 2.88. The molecule has 0 unspecified atom stereocenters. The zero-order chi connectivity index (χ0) is 14.5. The molecule has 112 valence electrons. The van der Waals surface area contributed by atoms with Crippen molar-refractivity contribution in [2.24, 2.45) is 5.92 Å². The molecule has 0 N–H and O–H groups in total. The van der Waals surface area contributed by atoms with Gasteiger partial charge in [0.2, 0.25) is 5.91 Å². The number of benzene rings is 1. The van der Waals surface area contributed by atoms with Gasteiger partial charge in [-0.2, -0.15) is 0 Å². The van der Waals surface area contributed by atoms with Crippen molar-refractivity contribution in [3.63, 3.8) is 0 Å². The van der Waals surface area contributed by atoms with Gasteiger partial charge in [0.1, 0.15) is 0 Å². The van der Waals surface area contributed by atoms with Crippen LogP contribution in [0.1, 0.15) is 24.8 Å². The fraction of sp³-hybridized carbons (Fsp3) is 0.500. The lowest BCUT2D eigenvalue weighted by molar-refractivity contribution is -0.125. The van der Waals surface area contributed by atoms with E-state index in [1.165, 1.54) is 19.4 Å². The van der Waals surface area contributed by atoms with Gasteiger partial charge in [0, 0.05) is 32.3 Å². The fourth-order valence-electron chi connectivity index (χ4n) is 2.88. The summed E-state index contributed by atoms with van der Waals surface area (Å²) in [5.41, 5.74) is 1.08. The first-order valence-electron chi connectivity index (χ1n) is 8.05. The molecule has 3 rings (SSSR count). The molecule has 2 fully saturated rings. The highest BCUT2D eigenvalue weighted by atomic mass is 16.2. The molecule has 0 aromatic heterocycles. The van der Waals surface area contributed by atoms with Crippen LogP contribution in [0, 0.1) is 5.92 Å². The second-order valence-corrected chi connectivity index (χ2v) is 6.17. The minimum atomic E-state index is 0.145. The average Bonchev–Trinajstić information content (AvgIpc) is 3.34. The Morgan fingerprint density at radius 3 is 2.67 bits per heavy atom. The van der Waals surface area contributed by atoms with Gasteiger partial charge in [-0.3, -0.25) is 4.79 Å². The Labute approximate surface area is 127 Å². The molecule has 3 nitrogen and oxygen atoms in total. The van der Waals surface area contributed by atoms with Gasteiger partial charge in [-0.25, -0.2) is 0 Å². The third kappa shape index (κ3) is 4.43. The van der Waals surface area contributed by atoms with E-state index in [9.17, 15) is 4.79 Å². The lowest BCUT2D eigenvalue weighted by Gasteiger charge is -2.20. The Morgan fingerprint density at radius 1 is 1.10 bits per heavy atom. The lowest BCUT2D eigenvalue weighted by atomic mass is 10.2. The zero-order valence-corrected chi connectivity index (χ0v) is 12.6. The largest absolute Gasteiger partial charge is 0.338 e. The zero-order valence-electron chi connectivity index (χ0n) is 12.6. The third-order valence-corrected chi connectivity index (χ3v) is 4.33. The molecule has 1 heterocycles. The molecular formula is C18H24N2O. The van der Waals surface area contributed by atoms with E-state index in [1.807, 2.05) is 41.3 Å². The van der Waals surface area contributed by atoms with Crippen LogP contribution in [-0.4, -0.2) is 48.4 Å². The number of hydrogen-bond donors (Lipinski definition) is 0. The van der Waals surface area contributed by atoms with Gasteiger partial charge in [-0.1, -0.05) is 30.3 Å². The molecule has 0 radical (unpaired) electrons. The summed E-state index contributed by atoms with van der Waals surface area (Å²) in [6, 6.07) is 10.0. The van der Waals surface area contributed by atoms with Crippen LogP contribution in [0.25, 0.3) is 6.08 Å². The molecular weight excluding hydrogens is 260 g/mol. The number of amides is 1. The first-order chi connectivity index (χ1) is 10.3. The Kier molecular flexibility index (Phi) is 4.71. The second-order valence-electron chi connectivity index (χ2n) is 6.17. The van der Waals surface area contributed by atoms with Gasteiger partial charge in [0.15, 0.2) is 0 Å². The monoisotopic (exact) mass is 284 g/mol. The molecule has 1 aliphatic carbocycles. The summed E-state index contributed by atoms with van der Waals surface area (Å²) in [5, 5.41) is 0. The molecule has 1 aliphatic heterocycles. The van der Waals surface area contributed by atoms with Crippen LogP contribution >= 0.6 is 0 Å². The van der Waals surface area contributed by atoms with Gasteiger partial charge >= 0.3 is 0 Å². The Balaban J connectivity index is 1.51. The van der Waals surface area contributed by atoms with Gasteiger partial charge in [0.25, 0.3) is 0 Å². The molecule has 0 spiro atoms. The first-order valence-corrected chi connectivity index (χ1v) is 8.05. The van der Waals surface area contributed by atoms with E-state index in [1.54, 1.807) is 6.08 Å². The third-order valence-electron chi connectivity index (χ3n) is 4.33. The predicted octanol–water partition coefficient (Wildman–Crippen LogP) is 2.64. The summed E-state index contributed by atoms with van der Waals surface area (Å²) >= 11 is 0. The molecule has 1 aromatic carbocycles. The second kappa shape index (κ2) is 6.90. The molecule has 3 heteroatoms. The van der Waals surface area contributed by atoms with Crippen molar-refractivity contribution in [2.45, 2.75) is 19.3 Å². The molecule has 0 atom stereocenters. The first kappa shape index (κ1) is 14.3. The molecule has 1 aromatic rings. The molecule has 2 aliphatic rings. The molecule has 1 saturated heterocycles. The molecule has 1 amide bonds. The smallest absolute Gasteiger partial charge is 0.246 e. The highest BCUT2D eigenvalue weighted by Crippen LogP contribution is 2.29. The van der Waals surface area contributed by atoms with E-state index in [2.05, 4.69) is 4.90 Å². The highest BCUT2D eigenvalue weighted by Gasteiger charge is 2.25.